The lowest BCUT2D eigenvalue weighted by Gasteiger charge is -2.10. The summed E-state index contributed by atoms with van der Waals surface area (Å²) in [5.74, 6) is 0. The van der Waals surface area contributed by atoms with E-state index in [0.29, 0.717) is 271 Å². The van der Waals surface area contributed by atoms with Gasteiger partial charge in [-0.1, -0.05) is 0 Å². The Morgan fingerprint density at radius 2 is 0.319 bits per heavy atom. The zero-order valence-electron chi connectivity index (χ0n) is 41.9. The Balaban J connectivity index is 3.07. The number of ether oxygens (including phenoxy) is 22. The molecule has 0 heterocycles. The van der Waals surface area contributed by atoms with Crippen LogP contribution in [-0.4, -0.2) is 308 Å². The largest absolute Gasteiger partial charge is 0.394 e. The quantitative estimate of drug-likeness (QED) is 0.0565. The minimum absolute atomic E-state index is 0.0182. The standard InChI is InChI=1S/C45H92O24/c1-48-45(47)44-69-43-42-68-41-40-67-39-38-66-37-36-65-35-34-64-33-32-63-31-30-62-29-28-61-27-26-60-25-24-59-23-22-58-21-20-57-19-18-56-17-16-55-15-14-54-13-12-53-11-10-52-9-8-51-7-6-50-5-4-49-3-2-46/h45-47H,2-44H2,1H3. The van der Waals surface area contributed by atoms with E-state index in [1.165, 1.54) is 7.11 Å². The molecule has 0 aliphatic carbocycles. The van der Waals surface area contributed by atoms with Crippen molar-refractivity contribution >= 4 is 0 Å². The molecular formula is C45H92O24. The fourth-order valence-electron chi connectivity index (χ4n) is 4.72. The van der Waals surface area contributed by atoms with Gasteiger partial charge in [0, 0.05) is 7.11 Å². The first-order valence-electron chi connectivity index (χ1n) is 24.3. The Morgan fingerprint density at radius 3 is 0.435 bits per heavy atom. The molecule has 2 N–H and O–H groups in total. The second-order valence-electron chi connectivity index (χ2n) is 13.7. The topological polar surface area (TPSA) is 244 Å². The van der Waals surface area contributed by atoms with E-state index in [2.05, 4.69) is 4.74 Å². The van der Waals surface area contributed by atoms with Crippen LogP contribution < -0.4 is 0 Å². The molecule has 0 aromatic heterocycles. The number of rotatable bonds is 65. The van der Waals surface area contributed by atoms with E-state index in [1.807, 2.05) is 0 Å². The summed E-state index contributed by atoms with van der Waals surface area (Å²) in [6, 6.07) is 0. The molecule has 416 valence electrons. The first-order valence-corrected chi connectivity index (χ1v) is 24.3. The van der Waals surface area contributed by atoms with Crippen molar-refractivity contribution in [3.63, 3.8) is 0 Å². The third kappa shape index (κ3) is 65.0. The molecule has 0 radical (unpaired) electrons. The van der Waals surface area contributed by atoms with E-state index in [0.717, 1.165) is 0 Å². The van der Waals surface area contributed by atoms with E-state index < -0.39 is 6.29 Å². The molecule has 0 saturated heterocycles. The second kappa shape index (κ2) is 65.1. The lowest BCUT2D eigenvalue weighted by atomic mass is 10.6. The maximum absolute atomic E-state index is 9.17. The highest BCUT2D eigenvalue weighted by molar-refractivity contribution is 4.42. The van der Waals surface area contributed by atoms with Gasteiger partial charge in [0.2, 0.25) is 0 Å². The summed E-state index contributed by atoms with van der Waals surface area (Å²) in [6.07, 6.45) is -0.910. The van der Waals surface area contributed by atoms with Gasteiger partial charge in [0.1, 0.15) is 0 Å². The average molecular weight is 1020 g/mol. The van der Waals surface area contributed by atoms with Crippen molar-refractivity contribution in [3.05, 3.63) is 0 Å². The Bertz CT molecular complexity index is 892. The summed E-state index contributed by atoms with van der Waals surface area (Å²) >= 11 is 0. The molecule has 69 heavy (non-hydrogen) atoms. The zero-order valence-corrected chi connectivity index (χ0v) is 41.9. The molecule has 0 amide bonds. The molecule has 0 saturated carbocycles. The SMILES string of the molecule is COC(O)COCCOCCOCCOCCOCCOCCOCCOCCOCCOCCOCCOCCOCCOCCOCCOCCOCCOCCOCCOCCOCCO. The lowest BCUT2D eigenvalue weighted by Crippen LogP contribution is -2.19. The molecule has 0 fully saturated rings. The third-order valence-electron chi connectivity index (χ3n) is 8.21. The monoisotopic (exact) mass is 1020 g/mol. The first-order chi connectivity index (χ1) is 34.3. The maximum atomic E-state index is 9.17. The summed E-state index contributed by atoms with van der Waals surface area (Å²) in [7, 11) is 1.41. The van der Waals surface area contributed by atoms with Crippen molar-refractivity contribution < 1.29 is 114 Å². The van der Waals surface area contributed by atoms with Crippen LogP contribution in [0.4, 0.5) is 0 Å². The predicted octanol–water partition coefficient (Wildman–Crippen LogP) is -0.708. The number of methoxy groups -OCH3 is 1. The summed E-state index contributed by atoms with van der Waals surface area (Å²) in [5.41, 5.74) is 0. The Morgan fingerprint density at radius 1 is 0.203 bits per heavy atom. The minimum Gasteiger partial charge on any atom is -0.394 e. The third-order valence-corrected chi connectivity index (χ3v) is 8.21. The highest BCUT2D eigenvalue weighted by atomic mass is 16.6. The molecular weight excluding hydrogens is 924 g/mol. The fourth-order valence-corrected chi connectivity index (χ4v) is 4.72. The van der Waals surface area contributed by atoms with Crippen LogP contribution in [-0.2, 0) is 104 Å². The van der Waals surface area contributed by atoms with Crippen LogP contribution in [0.15, 0.2) is 0 Å². The van der Waals surface area contributed by atoms with Crippen molar-refractivity contribution in [1.82, 2.24) is 0 Å². The van der Waals surface area contributed by atoms with Gasteiger partial charge in [0.05, 0.1) is 284 Å². The summed E-state index contributed by atoms with van der Waals surface area (Å²) in [6.45, 7) is 19.7. The van der Waals surface area contributed by atoms with E-state index in [9.17, 15) is 5.11 Å². The van der Waals surface area contributed by atoms with Gasteiger partial charge in [0.15, 0.2) is 6.29 Å². The van der Waals surface area contributed by atoms with Gasteiger partial charge in [-0.15, -0.1) is 0 Å². The van der Waals surface area contributed by atoms with Gasteiger partial charge in [0.25, 0.3) is 0 Å². The maximum Gasteiger partial charge on any atom is 0.177 e. The van der Waals surface area contributed by atoms with Gasteiger partial charge in [-0.05, 0) is 0 Å². The highest BCUT2D eigenvalue weighted by Gasteiger charge is 2.01. The van der Waals surface area contributed by atoms with Crippen molar-refractivity contribution in [1.29, 1.82) is 0 Å². The molecule has 0 bridgehead atoms. The normalized spacial score (nSPS) is 12.2. The molecule has 0 aromatic rings. The van der Waals surface area contributed by atoms with Crippen LogP contribution >= 0.6 is 0 Å². The second-order valence-corrected chi connectivity index (χ2v) is 13.7. The van der Waals surface area contributed by atoms with Gasteiger partial charge < -0.3 is 114 Å². The van der Waals surface area contributed by atoms with Crippen LogP contribution in [0.2, 0.25) is 0 Å². The molecule has 1 unspecified atom stereocenters. The minimum atomic E-state index is -0.910. The Hall–Kier alpha value is -0.960. The van der Waals surface area contributed by atoms with E-state index in [-0.39, 0.29) is 13.2 Å². The molecule has 0 aliphatic rings. The zero-order chi connectivity index (χ0) is 49.5. The first kappa shape index (κ1) is 68.0. The Kier molecular flexibility index (Phi) is 64.1. The smallest absolute Gasteiger partial charge is 0.177 e. The summed E-state index contributed by atoms with van der Waals surface area (Å²) in [5, 5.41) is 17.8. The molecule has 0 aliphatic heterocycles. The predicted molar refractivity (Wildman–Crippen MR) is 247 cm³/mol. The van der Waals surface area contributed by atoms with Gasteiger partial charge in [-0.2, -0.15) is 0 Å². The van der Waals surface area contributed by atoms with Crippen LogP contribution in [0.1, 0.15) is 0 Å². The highest BCUT2D eigenvalue weighted by Crippen LogP contribution is 1.91. The van der Waals surface area contributed by atoms with E-state index >= 15 is 0 Å². The van der Waals surface area contributed by atoms with Crippen LogP contribution in [0.25, 0.3) is 0 Å². The lowest BCUT2D eigenvalue weighted by molar-refractivity contribution is -0.123. The summed E-state index contributed by atoms with van der Waals surface area (Å²) in [4.78, 5) is 0. The van der Waals surface area contributed by atoms with E-state index in [1.54, 1.807) is 0 Å². The van der Waals surface area contributed by atoms with Crippen molar-refractivity contribution in [3.8, 4) is 0 Å². The molecule has 0 aromatic carbocycles. The van der Waals surface area contributed by atoms with Crippen LogP contribution in [0, 0.1) is 0 Å². The molecule has 0 spiro atoms. The van der Waals surface area contributed by atoms with E-state index in [4.69, 9.17) is 105 Å². The number of aliphatic hydroxyl groups excluding tert-OH is 2. The Labute approximate surface area is 411 Å². The van der Waals surface area contributed by atoms with Crippen molar-refractivity contribution in [2.24, 2.45) is 0 Å². The molecule has 0 rings (SSSR count). The molecule has 24 nitrogen and oxygen atoms in total. The van der Waals surface area contributed by atoms with Gasteiger partial charge in [-0.25, -0.2) is 0 Å². The number of hydrogen-bond donors (Lipinski definition) is 2. The molecule has 24 heteroatoms. The van der Waals surface area contributed by atoms with Gasteiger partial charge in [-0.3, -0.25) is 0 Å². The number of hydrogen-bond acceptors (Lipinski definition) is 24. The van der Waals surface area contributed by atoms with Gasteiger partial charge >= 0.3 is 0 Å². The molecule has 1 atom stereocenters. The van der Waals surface area contributed by atoms with Crippen LogP contribution in [0.3, 0.4) is 0 Å². The van der Waals surface area contributed by atoms with Crippen molar-refractivity contribution in [2.45, 2.75) is 6.29 Å². The average Bonchev–Trinajstić information content (AvgIpc) is 3.36. The summed E-state index contributed by atoms with van der Waals surface area (Å²) < 4.78 is 119. The number of aliphatic hydroxyl groups is 2. The fraction of sp³-hybridized carbons (Fsp3) is 1.00. The van der Waals surface area contributed by atoms with Crippen LogP contribution in [0.5, 0.6) is 0 Å². The van der Waals surface area contributed by atoms with Crippen molar-refractivity contribution in [2.75, 3.05) is 291 Å².